The van der Waals surface area contributed by atoms with Crippen LogP contribution in [0, 0.1) is 0 Å². The third-order valence-corrected chi connectivity index (χ3v) is 3.19. The van der Waals surface area contributed by atoms with E-state index in [0.29, 0.717) is 13.0 Å². The zero-order valence-corrected chi connectivity index (χ0v) is 6.60. The molecule has 0 amide bonds. The van der Waals surface area contributed by atoms with Gasteiger partial charge in [-0.1, -0.05) is 0 Å². The van der Waals surface area contributed by atoms with Crippen LogP contribution in [0.15, 0.2) is 0 Å². The van der Waals surface area contributed by atoms with Crippen molar-refractivity contribution < 1.29 is 13.2 Å². The second-order valence-electron chi connectivity index (χ2n) is 2.49. The summed E-state index contributed by atoms with van der Waals surface area (Å²) in [5, 5.41) is 4.43. The van der Waals surface area contributed by atoms with Crippen molar-refractivity contribution in [2.24, 2.45) is 5.14 Å². The number of sulfonamides is 1. The van der Waals surface area contributed by atoms with Gasteiger partial charge < -0.3 is 4.74 Å². The van der Waals surface area contributed by atoms with Crippen LogP contribution in [-0.4, -0.2) is 26.4 Å². The Labute approximate surface area is 60.4 Å². The standard InChI is InChI=1S/C5H11NO3S/c1-4-5(2-3-9-4)10(6,7)8/h4-5H,2-3H2,1H3,(H2,6,7,8)/t4-,5+/m1/s1. The highest BCUT2D eigenvalue weighted by Gasteiger charge is 2.32. The van der Waals surface area contributed by atoms with Crippen LogP contribution in [0.5, 0.6) is 0 Å². The van der Waals surface area contributed by atoms with Gasteiger partial charge in [-0.3, -0.25) is 0 Å². The normalized spacial score (nSPS) is 34.6. The maximum Gasteiger partial charge on any atom is 0.214 e. The van der Waals surface area contributed by atoms with Gasteiger partial charge >= 0.3 is 0 Å². The fraction of sp³-hybridized carbons (Fsp3) is 1.00. The molecule has 10 heavy (non-hydrogen) atoms. The summed E-state index contributed by atoms with van der Waals surface area (Å²) in [6.07, 6.45) is 0.287. The van der Waals surface area contributed by atoms with Crippen LogP contribution < -0.4 is 5.14 Å². The van der Waals surface area contributed by atoms with Gasteiger partial charge in [-0.05, 0) is 13.3 Å². The van der Waals surface area contributed by atoms with Gasteiger partial charge in [0.1, 0.15) is 5.25 Å². The van der Waals surface area contributed by atoms with E-state index in [-0.39, 0.29) is 6.10 Å². The minimum Gasteiger partial charge on any atom is -0.377 e. The summed E-state index contributed by atoms with van der Waals surface area (Å²) in [4.78, 5) is 0. The first-order valence-corrected chi connectivity index (χ1v) is 4.76. The number of nitrogens with two attached hydrogens (primary N) is 1. The Kier molecular flexibility index (Phi) is 1.98. The quantitative estimate of drug-likeness (QED) is 0.567. The molecule has 1 fully saturated rings. The van der Waals surface area contributed by atoms with Gasteiger partial charge in [0.15, 0.2) is 0 Å². The fourth-order valence-corrected chi connectivity index (χ4v) is 2.18. The molecule has 0 unspecified atom stereocenters. The van der Waals surface area contributed by atoms with Crippen molar-refractivity contribution >= 4 is 10.0 Å². The van der Waals surface area contributed by atoms with E-state index in [2.05, 4.69) is 0 Å². The van der Waals surface area contributed by atoms with E-state index in [4.69, 9.17) is 9.88 Å². The fourth-order valence-electron chi connectivity index (χ4n) is 1.14. The Morgan fingerprint density at radius 2 is 2.20 bits per heavy atom. The van der Waals surface area contributed by atoms with Gasteiger partial charge in [-0.2, -0.15) is 0 Å². The third-order valence-electron chi connectivity index (χ3n) is 1.73. The zero-order valence-electron chi connectivity index (χ0n) is 5.78. The van der Waals surface area contributed by atoms with Gasteiger partial charge in [0.05, 0.1) is 6.10 Å². The Bertz CT molecular complexity index is 211. The van der Waals surface area contributed by atoms with Crippen LogP contribution >= 0.6 is 0 Å². The van der Waals surface area contributed by atoms with Crippen molar-refractivity contribution in [2.45, 2.75) is 24.7 Å². The molecule has 4 nitrogen and oxygen atoms in total. The molecule has 0 radical (unpaired) electrons. The number of hydrogen-bond acceptors (Lipinski definition) is 3. The molecule has 0 bridgehead atoms. The first kappa shape index (κ1) is 7.97. The van der Waals surface area contributed by atoms with Crippen LogP contribution in [0.25, 0.3) is 0 Å². The van der Waals surface area contributed by atoms with Crippen molar-refractivity contribution in [2.75, 3.05) is 6.61 Å². The lowest BCUT2D eigenvalue weighted by Gasteiger charge is -2.09. The Balaban J connectivity index is 2.74. The molecule has 0 spiro atoms. The first-order chi connectivity index (χ1) is 4.52. The van der Waals surface area contributed by atoms with Gasteiger partial charge in [0.2, 0.25) is 10.0 Å². The third kappa shape index (κ3) is 1.47. The molecule has 0 aromatic heterocycles. The maximum absolute atomic E-state index is 10.7. The highest BCUT2D eigenvalue weighted by molar-refractivity contribution is 7.89. The van der Waals surface area contributed by atoms with Crippen molar-refractivity contribution in [3.63, 3.8) is 0 Å². The summed E-state index contributed by atoms with van der Waals surface area (Å²) >= 11 is 0. The molecule has 0 aliphatic carbocycles. The van der Waals surface area contributed by atoms with Crippen LogP contribution in [0.2, 0.25) is 0 Å². The van der Waals surface area contributed by atoms with Gasteiger partial charge in [0, 0.05) is 6.61 Å². The first-order valence-electron chi connectivity index (χ1n) is 3.15. The Hall–Kier alpha value is -0.130. The minimum absolute atomic E-state index is 0.241. The molecule has 0 saturated carbocycles. The van der Waals surface area contributed by atoms with E-state index in [1.807, 2.05) is 0 Å². The predicted molar refractivity (Wildman–Crippen MR) is 36.9 cm³/mol. The minimum atomic E-state index is -3.38. The molecule has 60 valence electrons. The summed E-state index contributed by atoms with van der Waals surface area (Å²) in [5.74, 6) is 0. The van der Waals surface area contributed by atoms with Crippen molar-refractivity contribution in [3.05, 3.63) is 0 Å². The van der Waals surface area contributed by atoms with E-state index in [0.717, 1.165) is 0 Å². The number of ether oxygens (including phenoxy) is 1. The van der Waals surface area contributed by atoms with Crippen LogP contribution in [0.3, 0.4) is 0 Å². The Morgan fingerprint density at radius 1 is 1.60 bits per heavy atom. The van der Waals surface area contributed by atoms with Crippen molar-refractivity contribution in [1.29, 1.82) is 0 Å². The smallest absolute Gasteiger partial charge is 0.214 e. The molecule has 1 saturated heterocycles. The number of rotatable bonds is 1. The van der Waals surface area contributed by atoms with E-state index < -0.39 is 15.3 Å². The molecule has 5 heteroatoms. The number of primary sulfonamides is 1. The average molecular weight is 165 g/mol. The van der Waals surface area contributed by atoms with Crippen LogP contribution in [-0.2, 0) is 14.8 Å². The van der Waals surface area contributed by atoms with E-state index >= 15 is 0 Å². The second kappa shape index (κ2) is 2.48. The van der Waals surface area contributed by atoms with E-state index in [1.165, 1.54) is 0 Å². The maximum atomic E-state index is 10.7. The van der Waals surface area contributed by atoms with Crippen LogP contribution in [0.4, 0.5) is 0 Å². The molecule has 2 N–H and O–H groups in total. The molecule has 0 aromatic carbocycles. The lowest BCUT2D eigenvalue weighted by Crippen LogP contribution is -2.33. The summed E-state index contributed by atoms with van der Waals surface area (Å²) in [6, 6.07) is 0. The van der Waals surface area contributed by atoms with Crippen molar-refractivity contribution in [1.82, 2.24) is 0 Å². The largest absolute Gasteiger partial charge is 0.377 e. The summed E-state index contributed by atoms with van der Waals surface area (Å²) in [5.41, 5.74) is 0. The lowest BCUT2D eigenvalue weighted by atomic mass is 10.3. The molecule has 1 aliphatic heterocycles. The predicted octanol–water partition coefficient (Wildman–Crippen LogP) is -0.548. The molecule has 0 aromatic rings. The van der Waals surface area contributed by atoms with Crippen LogP contribution in [0.1, 0.15) is 13.3 Å². The molecule has 1 heterocycles. The topological polar surface area (TPSA) is 69.4 Å². The van der Waals surface area contributed by atoms with E-state index in [1.54, 1.807) is 6.92 Å². The van der Waals surface area contributed by atoms with Gasteiger partial charge in [-0.15, -0.1) is 0 Å². The SMILES string of the molecule is C[C@H]1OCC[C@@H]1S(N)(=O)=O. The molecular formula is C5H11NO3S. The monoisotopic (exact) mass is 165 g/mol. The van der Waals surface area contributed by atoms with Gasteiger partial charge in [0.25, 0.3) is 0 Å². The molecular weight excluding hydrogens is 154 g/mol. The summed E-state index contributed by atoms with van der Waals surface area (Å²) in [6.45, 7) is 2.23. The average Bonchev–Trinajstić information content (AvgIpc) is 2.11. The molecule has 2 atom stereocenters. The van der Waals surface area contributed by atoms with Crippen molar-refractivity contribution in [3.8, 4) is 0 Å². The molecule has 1 rings (SSSR count). The van der Waals surface area contributed by atoms with Gasteiger partial charge in [-0.25, -0.2) is 13.6 Å². The lowest BCUT2D eigenvalue weighted by molar-refractivity contribution is 0.126. The zero-order chi connectivity index (χ0) is 7.78. The number of hydrogen-bond donors (Lipinski definition) is 1. The summed E-state index contributed by atoms with van der Waals surface area (Å²) in [7, 11) is -3.38. The highest BCUT2D eigenvalue weighted by Crippen LogP contribution is 2.18. The second-order valence-corrected chi connectivity index (χ2v) is 4.28. The highest BCUT2D eigenvalue weighted by atomic mass is 32.2. The Morgan fingerprint density at radius 3 is 2.40 bits per heavy atom. The molecule has 1 aliphatic rings. The summed E-state index contributed by atoms with van der Waals surface area (Å²) < 4.78 is 26.5. The van der Waals surface area contributed by atoms with E-state index in [9.17, 15) is 8.42 Å².